The van der Waals surface area contributed by atoms with E-state index in [-0.39, 0.29) is 17.8 Å². The monoisotopic (exact) mass is 250 g/mol. The van der Waals surface area contributed by atoms with Gasteiger partial charge in [0.05, 0.1) is 5.69 Å². The van der Waals surface area contributed by atoms with Crippen LogP contribution in [0.25, 0.3) is 0 Å². The van der Waals surface area contributed by atoms with Crippen molar-refractivity contribution in [2.45, 2.75) is 32.7 Å². The van der Waals surface area contributed by atoms with Crippen molar-refractivity contribution >= 4 is 17.3 Å². The number of hydrogen-bond donors (Lipinski definition) is 2. The first-order valence-corrected chi connectivity index (χ1v) is 5.97. The van der Waals surface area contributed by atoms with Crippen LogP contribution >= 0.6 is 0 Å². The number of benzene rings is 1. The fourth-order valence-electron chi connectivity index (χ4n) is 1.62. The average Bonchev–Trinajstić information content (AvgIpc) is 2.30. The highest BCUT2D eigenvalue weighted by molar-refractivity contribution is 5.89. The molecule has 0 bridgehead atoms. The summed E-state index contributed by atoms with van der Waals surface area (Å²) in [5, 5.41) is 5.71. The Morgan fingerprint density at radius 3 is 2.89 bits per heavy atom. The molecular formula is C14H19FN2O. The second kappa shape index (κ2) is 6.79. The number of anilines is 2. The summed E-state index contributed by atoms with van der Waals surface area (Å²) in [6.45, 7) is 7.05. The quantitative estimate of drug-likeness (QED) is 0.758. The van der Waals surface area contributed by atoms with E-state index in [4.69, 9.17) is 0 Å². The van der Waals surface area contributed by atoms with Crippen LogP contribution in [0.15, 0.2) is 30.9 Å². The van der Waals surface area contributed by atoms with Gasteiger partial charge in [0.2, 0.25) is 5.91 Å². The lowest BCUT2D eigenvalue weighted by atomic mass is 10.1. The van der Waals surface area contributed by atoms with Crippen molar-refractivity contribution in [2.24, 2.45) is 0 Å². The maximum atomic E-state index is 13.6. The van der Waals surface area contributed by atoms with Crippen molar-refractivity contribution < 1.29 is 9.18 Å². The zero-order valence-corrected chi connectivity index (χ0v) is 10.8. The molecule has 2 N–H and O–H groups in total. The first-order valence-electron chi connectivity index (χ1n) is 5.97. The third-order valence-corrected chi connectivity index (χ3v) is 2.49. The summed E-state index contributed by atoms with van der Waals surface area (Å²) < 4.78 is 13.6. The van der Waals surface area contributed by atoms with Crippen LogP contribution in [0.5, 0.6) is 0 Å². The fraction of sp³-hybridized carbons (Fsp3) is 0.357. The summed E-state index contributed by atoms with van der Waals surface area (Å²) in [5.74, 6) is -0.498. The zero-order chi connectivity index (χ0) is 13.5. The van der Waals surface area contributed by atoms with Crippen molar-refractivity contribution in [3.63, 3.8) is 0 Å². The number of amides is 1. The SMILES string of the molecule is C=CCCC(C)Nc1cc(NC(C)=O)ccc1F. The Bertz CT molecular complexity index is 432. The van der Waals surface area contributed by atoms with Gasteiger partial charge >= 0.3 is 0 Å². The summed E-state index contributed by atoms with van der Waals surface area (Å²) in [6.07, 6.45) is 3.59. The molecule has 0 heterocycles. The van der Waals surface area contributed by atoms with Gasteiger partial charge in [-0.15, -0.1) is 6.58 Å². The molecule has 0 aliphatic rings. The summed E-state index contributed by atoms with van der Waals surface area (Å²) in [4.78, 5) is 10.9. The fourth-order valence-corrected chi connectivity index (χ4v) is 1.62. The van der Waals surface area contributed by atoms with Crippen molar-refractivity contribution in [2.75, 3.05) is 10.6 Å². The van der Waals surface area contributed by atoms with Crippen molar-refractivity contribution in [3.05, 3.63) is 36.7 Å². The van der Waals surface area contributed by atoms with E-state index >= 15 is 0 Å². The Kier molecular flexibility index (Phi) is 5.36. The molecule has 18 heavy (non-hydrogen) atoms. The molecule has 0 saturated carbocycles. The van der Waals surface area contributed by atoms with Crippen LogP contribution in [0.4, 0.5) is 15.8 Å². The Hall–Kier alpha value is -1.84. The molecule has 0 fully saturated rings. The van der Waals surface area contributed by atoms with Crippen molar-refractivity contribution in [1.29, 1.82) is 0 Å². The minimum atomic E-state index is -0.324. The van der Waals surface area contributed by atoms with Crippen LogP contribution in [-0.4, -0.2) is 11.9 Å². The molecule has 1 aromatic rings. The lowest BCUT2D eigenvalue weighted by Crippen LogP contribution is -2.16. The molecule has 0 aliphatic carbocycles. The molecule has 1 atom stereocenters. The number of nitrogens with one attached hydrogen (secondary N) is 2. The molecule has 1 unspecified atom stereocenters. The van der Waals surface area contributed by atoms with E-state index in [2.05, 4.69) is 17.2 Å². The molecule has 1 rings (SSSR count). The molecule has 0 radical (unpaired) electrons. The Morgan fingerprint density at radius 1 is 1.56 bits per heavy atom. The molecule has 0 spiro atoms. The van der Waals surface area contributed by atoms with Gasteiger partial charge in [0.1, 0.15) is 5.82 Å². The summed E-state index contributed by atoms with van der Waals surface area (Å²) in [5.41, 5.74) is 0.986. The van der Waals surface area contributed by atoms with Crippen molar-refractivity contribution in [3.8, 4) is 0 Å². The van der Waals surface area contributed by atoms with E-state index < -0.39 is 0 Å². The Morgan fingerprint density at radius 2 is 2.28 bits per heavy atom. The van der Waals surface area contributed by atoms with E-state index in [9.17, 15) is 9.18 Å². The maximum absolute atomic E-state index is 13.6. The number of halogens is 1. The summed E-state index contributed by atoms with van der Waals surface area (Å²) >= 11 is 0. The van der Waals surface area contributed by atoms with Gasteiger partial charge in [-0.05, 0) is 38.0 Å². The third kappa shape index (κ3) is 4.57. The highest BCUT2D eigenvalue weighted by Gasteiger charge is 2.07. The maximum Gasteiger partial charge on any atom is 0.221 e. The van der Waals surface area contributed by atoms with Gasteiger partial charge in [-0.3, -0.25) is 4.79 Å². The smallest absolute Gasteiger partial charge is 0.221 e. The van der Waals surface area contributed by atoms with Crippen LogP contribution in [0.3, 0.4) is 0 Å². The number of rotatable bonds is 6. The topological polar surface area (TPSA) is 41.1 Å². The van der Waals surface area contributed by atoms with Crippen LogP contribution in [0.1, 0.15) is 26.7 Å². The van der Waals surface area contributed by atoms with E-state index in [0.29, 0.717) is 11.4 Å². The van der Waals surface area contributed by atoms with Crippen LogP contribution in [0, 0.1) is 5.82 Å². The molecule has 1 aromatic carbocycles. The lowest BCUT2D eigenvalue weighted by molar-refractivity contribution is -0.114. The minimum absolute atomic E-state index is 0.144. The van der Waals surface area contributed by atoms with Gasteiger partial charge in [-0.25, -0.2) is 4.39 Å². The Balaban J connectivity index is 2.74. The van der Waals surface area contributed by atoms with E-state index in [1.54, 1.807) is 6.07 Å². The van der Waals surface area contributed by atoms with E-state index in [1.165, 1.54) is 19.1 Å². The van der Waals surface area contributed by atoms with Crippen LogP contribution < -0.4 is 10.6 Å². The molecule has 98 valence electrons. The van der Waals surface area contributed by atoms with Gasteiger partial charge in [-0.1, -0.05) is 6.08 Å². The second-order valence-electron chi connectivity index (χ2n) is 4.29. The molecule has 4 heteroatoms. The van der Waals surface area contributed by atoms with E-state index in [1.807, 2.05) is 13.0 Å². The number of hydrogen-bond acceptors (Lipinski definition) is 2. The largest absolute Gasteiger partial charge is 0.380 e. The van der Waals surface area contributed by atoms with Crippen LogP contribution in [0.2, 0.25) is 0 Å². The van der Waals surface area contributed by atoms with Crippen LogP contribution in [-0.2, 0) is 4.79 Å². The minimum Gasteiger partial charge on any atom is -0.380 e. The average molecular weight is 250 g/mol. The van der Waals surface area contributed by atoms with Gasteiger partial charge < -0.3 is 10.6 Å². The van der Waals surface area contributed by atoms with Gasteiger partial charge in [0.25, 0.3) is 0 Å². The predicted molar refractivity (Wildman–Crippen MR) is 73.2 cm³/mol. The Labute approximate surface area is 107 Å². The number of carbonyl (C=O) groups is 1. The van der Waals surface area contributed by atoms with Gasteiger partial charge in [0, 0.05) is 18.7 Å². The first kappa shape index (κ1) is 14.2. The standard InChI is InChI=1S/C14H19FN2O/c1-4-5-6-10(2)16-14-9-12(17-11(3)18)7-8-13(14)15/h4,7-10,16H,1,5-6H2,2-3H3,(H,17,18). The normalized spacial score (nSPS) is 11.7. The molecule has 0 saturated heterocycles. The third-order valence-electron chi connectivity index (χ3n) is 2.49. The highest BCUT2D eigenvalue weighted by Crippen LogP contribution is 2.21. The van der Waals surface area contributed by atoms with Crippen molar-refractivity contribution in [1.82, 2.24) is 0 Å². The number of carbonyl (C=O) groups excluding carboxylic acids is 1. The van der Waals surface area contributed by atoms with Gasteiger partial charge in [0.15, 0.2) is 0 Å². The molecular weight excluding hydrogens is 231 g/mol. The summed E-state index contributed by atoms with van der Waals surface area (Å²) in [6, 6.07) is 4.62. The first-order chi connectivity index (χ1) is 8.52. The number of allylic oxidation sites excluding steroid dienone is 1. The molecule has 0 aromatic heterocycles. The molecule has 3 nitrogen and oxygen atoms in total. The molecule has 1 amide bonds. The lowest BCUT2D eigenvalue weighted by Gasteiger charge is -2.16. The second-order valence-corrected chi connectivity index (χ2v) is 4.29. The summed E-state index contributed by atoms with van der Waals surface area (Å²) in [7, 11) is 0. The van der Waals surface area contributed by atoms with Gasteiger partial charge in [-0.2, -0.15) is 0 Å². The predicted octanol–water partition coefficient (Wildman–Crippen LogP) is 3.55. The highest BCUT2D eigenvalue weighted by atomic mass is 19.1. The van der Waals surface area contributed by atoms with E-state index in [0.717, 1.165) is 12.8 Å². The molecule has 0 aliphatic heterocycles. The zero-order valence-electron chi connectivity index (χ0n) is 10.8.